The summed E-state index contributed by atoms with van der Waals surface area (Å²) in [5.41, 5.74) is 1.34. The summed E-state index contributed by atoms with van der Waals surface area (Å²) < 4.78 is 4.66. The van der Waals surface area contributed by atoms with Crippen LogP contribution in [0.5, 0.6) is 0 Å². The van der Waals surface area contributed by atoms with E-state index < -0.39 is 13.1 Å². The number of methoxy groups -OCH3 is 1. The van der Waals surface area contributed by atoms with Crippen LogP contribution in [-0.2, 0) is 4.74 Å². The molecule has 0 aromatic heterocycles. The molecule has 1 aromatic rings. The van der Waals surface area contributed by atoms with E-state index in [4.69, 9.17) is 0 Å². The van der Waals surface area contributed by atoms with Crippen LogP contribution in [0.15, 0.2) is 18.2 Å². The lowest BCUT2D eigenvalue weighted by Gasteiger charge is -2.16. The SMILES string of the molecule is COC(=O)c1cccc(B(O)O)c1C(C)C. The smallest absolute Gasteiger partial charge is 0.465 e. The second-order valence-corrected chi connectivity index (χ2v) is 3.83. The molecule has 0 aliphatic heterocycles. The van der Waals surface area contributed by atoms with Crippen LogP contribution in [0.2, 0.25) is 0 Å². The van der Waals surface area contributed by atoms with E-state index in [2.05, 4.69) is 4.74 Å². The number of rotatable bonds is 3. The van der Waals surface area contributed by atoms with Crippen molar-refractivity contribution in [1.29, 1.82) is 0 Å². The van der Waals surface area contributed by atoms with Crippen molar-refractivity contribution in [3.05, 3.63) is 29.3 Å². The molecule has 2 N–H and O–H groups in total. The fourth-order valence-electron chi connectivity index (χ4n) is 1.74. The molecule has 1 aromatic carbocycles. The van der Waals surface area contributed by atoms with E-state index >= 15 is 0 Å². The fraction of sp³-hybridized carbons (Fsp3) is 0.364. The third-order valence-electron chi connectivity index (χ3n) is 2.40. The molecule has 0 spiro atoms. The van der Waals surface area contributed by atoms with Crippen molar-refractivity contribution >= 4 is 18.6 Å². The average molecular weight is 222 g/mol. The quantitative estimate of drug-likeness (QED) is 0.569. The van der Waals surface area contributed by atoms with E-state index in [9.17, 15) is 14.8 Å². The van der Waals surface area contributed by atoms with Crippen molar-refractivity contribution in [2.24, 2.45) is 0 Å². The number of hydrogen-bond donors (Lipinski definition) is 2. The maximum atomic E-state index is 11.5. The second kappa shape index (κ2) is 5.14. The van der Waals surface area contributed by atoms with Gasteiger partial charge in [0.1, 0.15) is 0 Å². The third kappa shape index (κ3) is 2.43. The fourth-order valence-corrected chi connectivity index (χ4v) is 1.74. The van der Waals surface area contributed by atoms with Gasteiger partial charge in [0.05, 0.1) is 12.7 Å². The van der Waals surface area contributed by atoms with E-state index in [0.29, 0.717) is 16.6 Å². The molecular weight excluding hydrogens is 207 g/mol. The zero-order chi connectivity index (χ0) is 12.3. The van der Waals surface area contributed by atoms with Crippen molar-refractivity contribution in [3.63, 3.8) is 0 Å². The number of hydrogen-bond acceptors (Lipinski definition) is 4. The van der Waals surface area contributed by atoms with Crippen LogP contribution in [0.4, 0.5) is 0 Å². The van der Waals surface area contributed by atoms with Crippen molar-refractivity contribution < 1.29 is 19.6 Å². The van der Waals surface area contributed by atoms with E-state index in [1.54, 1.807) is 18.2 Å². The maximum Gasteiger partial charge on any atom is 0.488 e. The number of carbonyl (C=O) groups excluding carboxylic acids is 1. The molecule has 0 atom stereocenters. The molecule has 5 heteroatoms. The van der Waals surface area contributed by atoms with Gasteiger partial charge >= 0.3 is 13.1 Å². The molecule has 0 heterocycles. The Balaban J connectivity index is 3.38. The largest absolute Gasteiger partial charge is 0.488 e. The molecule has 4 nitrogen and oxygen atoms in total. The minimum atomic E-state index is -1.58. The highest BCUT2D eigenvalue weighted by Gasteiger charge is 2.23. The Labute approximate surface area is 95.0 Å². The predicted molar refractivity (Wildman–Crippen MR) is 61.7 cm³/mol. The lowest BCUT2D eigenvalue weighted by molar-refractivity contribution is 0.0599. The second-order valence-electron chi connectivity index (χ2n) is 3.83. The lowest BCUT2D eigenvalue weighted by Crippen LogP contribution is -2.35. The summed E-state index contributed by atoms with van der Waals surface area (Å²) in [5.74, 6) is -0.460. The molecule has 16 heavy (non-hydrogen) atoms. The van der Waals surface area contributed by atoms with Gasteiger partial charge in [-0.3, -0.25) is 0 Å². The third-order valence-corrected chi connectivity index (χ3v) is 2.40. The Morgan fingerprint density at radius 2 is 2.00 bits per heavy atom. The Kier molecular flexibility index (Phi) is 4.09. The van der Waals surface area contributed by atoms with Gasteiger partial charge in [0, 0.05) is 0 Å². The summed E-state index contributed by atoms with van der Waals surface area (Å²) in [6.45, 7) is 3.77. The molecule has 0 aliphatic carbocycles. The number of esters is 1. The summed E-state index contributed by atoms with van der Waals surface area (Å²) in [7, 11) is -0.281. The Morgan fingerprint density at radius 3 is 2.44 bits per heavy atom. The Morgan fingerprint density at radius 1 is 1.38 bits per heavy atom. The molecular formula is C11H15BO4. The molecule has 1 rings (SSSR count). The van der Waals surface area contributed by atoms with Crippen LogP contribution < -0.4 is 5.46 Å². The van der Waals surface area contributed by atoms with Crippen LogP contribution in [0, 0.1) is 0 Å². The first-order valence-corrected chi connectivity index (χ1v) is 5.06. The molecule has 0 bridgehead atoms. The van der Waals surface area contributed by atoms with E-state index in [1.165, 1.54) is 7.11 Å². The summed E-state index contributed by atoms with van der Waals surface area (Å²) in [6, 6.07) is 4.81. The molecule has 0 saturated heterocycles. The van der Waals surface area contributed by atoms with Crippen molar-refractivity contribution in [3.8, 4) is 0 Å². The van der Waals surface area contributed by atoms with Crippen LogP contribution in [0.3, 0.4) is 0 Å². The van der Waals surface area contributed by atoms with Gasteiger partial charge in [-0.25, -0.2) is 4.79 Å². The van der Waals surface area contributed by atoms with Crippen LogP contribution >= 0.6 is 0 Å². The van der Waals surface area contributed by atoms with Crippen molar-refractivity contribution in [2.75, 3.05) is 7.11 Å². The minimum absolute atomic E-state index is 0.00657. The molecule has 0 aliphatic rings. The Hall–Kier alpha value is -1.33. The van der Waals surface area contributed by atoms with Crippen LogP contribution in [0.1, 0.15) is 35.7 Å². The van der Waals surface area contributed by atoms with Gasteiger partial charge in [-0.1, -0.05) is 26.0 Å². The van der Waals surface area contributed by atoms with Crippen LogP contribution in [0.25, 0.3) is 0 Å². The first-order valence-electron chi connectivity index (χ1n) is 5.06. The molecule has 0 unspecified atom stereocenters. The monoisotopic (exact) mass is 222 g/mol. The normalized spacial score (nSPS) is 10.4. The summed E-state index contributed by atoms with van der Waals surface area (Å²) >= 11 is 0. The first kappa shape index (κ1) is 12.7. The van der Waals surface area contributed by atoms with E-state index in [0.717, 1.165) is 0 Å². The maximum absolute atomic E-state index is 11.5. The predicted octanol–water partition coefficient (Wildman–Crippen LogP) is 0.276. The van der Waals surface area contributed by atoms with Crippen molar-refractivity contribution in [1.82, 2.24) is 0 Å². The van der Waals surface area contributed by atoms with Gasteiger partial charge in [-0.05, 0) is 23.0 Å². The molecule has 0 fully saturated rings. The van der Waals surface area contributed by atoms with E-state index in [1.807, 2.05) is 13.8 Å². The van der Waals surface area contributed by atoms with Crippen LogP contribution in [-0.4, -0.2) is 30.2 Å². The first-order chi connectivity index (χ1) is 7.49. The Bertz CT molecular complexity index is 388. The van der Waals surface area contributed by atoms with Gasteiger partial charge in [-0.15, -0.1) is 0 Å². The van der Waals surface area contributed by atoms with Gasteiger partial charge in [0.15, 0.2) is 0 Å². The molecule has 86 valence electrons. The average Bonchev–Trinajstić information content (AvgIpc) is 2.26. The van der Waals surface area contributed by atoms with Crippen molar-refractivity contribution in [2.45, 2.75) is 19.8 Å². The molecule has 0 amide bonds. The standard InChI is InChI=1S/C11H15BO4/c1-7(2)10-8(11(13)16-3)5-4-6-9(10)12(14)15/h4-7,14-15H,1-3H3. The number of benzene rings is 1. The zero-order valence-electron chi connectivity index (χ0n) is 9.60. The van der Waals surface area contributed by atoms with Gasteiger partial charge in [0.25, 0.3) is 0 Å². The molecule has 0 saturated carbocycles. The molecule has 0 radical (unpaired) electrons. The van der Waals surface area contributed by atoms with Gasteiger partial charge in [-0.2, -0.15) is 0 Å². The highest BCUT2D eigenvalue weighted by molar-refractivity contribution is 6.59. The summed E-state index contributed by atoms with van der Waals surface area (Å²) in [4.78, 5) is 11.5. The minimum Gasteiger partial charge on any atom is -0.465 e. The number of carbonyl (C=O) groups is 1. The zero-order valence-corrected chi connectivity index (χ0v) is 9.60. The van der Waals surface area contributed by atoms with E-state index in [-0.39, 0.29) is 5.92 Å². The lowest BCUT2D eigenvalue weighted by atomic mass is 9.73. The number of ether oxygens (including phenoxy) is 1. The summed E-state index contributed by atoms with van der Waals surface area (Å²) in [6.07, 6.45) is 0. The summed E-state index contributed by atoms with van der Waals surface area (Å²) in [5, 5.41) is 18.5. The van der Waals surface area contributed by atoms with Gasteiger partial charge in [0.2, 0.25) is 0 Å². The topological polar surface area (TPSA) is 66.8 Å². The highest BCUT2D eigenvalue weighted by atomic mass is 16.5. The van der Waals surface area contributed by atoms with Gasteiger partial charge < -0.3 is 14.8 Å². The highest BCUT2D eigenvalue weighted by Crippen LogP contribution is 2.18.